The Labute approximate surface area is 131 Å². The van der Waals surface area contributed by atoms with Gasteiger partial charge in [0.1, 0.15) is 0 Å². The molecule has 6 nitrogen and oxygen atoms in total. The number of rotatable bonds is 5. The molecule has 1 N–H and O–H groups in total. The summed E-state index contributed by atoms with van der Waals surface area (Å²) in [6.07, 6.45) is 8.09. The Bertz CT molecular complexity index is 469. The van der Waals surface area contributed by atoms with Crippen molar-refractivity contribution in [2.45, 2.75) is 50.8 Å². The SMILES string of the molecule is O=C(CCCn1cccn1)N1CCN([C@@H]2CCC[C@H]2O)CC1. The quantitative estimate of drug-likeness (QED) is 0.871. The van der Waals surface area contributed by atoms with E-state index in [1.54, 1.807) is 6.20 Å². The number of aryl methyl sites for hydroxylation is 1. The topological polar surface area (TPSA) is 61.6 Å². The number of carbonyl (C=O) groups excluding carboxylic acids is 1. The molecule has 2 aliphatic rings. The molecule has 2 fully saturated rings. The third-order valence-electron chi connectivity index (χ3n) is 4.92. The molecular formula is C16H26N4O2. The number of carbonyl (C=O) groups is 1. The maximum absolute atomic E-state index is 12.2. The zero-order chi connectivity index (χ0) is 15.4. The summed E-state index contributed by atoms with van der Waals surface area (Å²) in [6.45, 7) is 4.18. The molecule has 1 amide bonds. The van der Waals surface area contributed by atoms with Gasteiger partial charge in [-0.25, -0.2) is 0 Å². The van der Waals surface area contributed by atoms with Crippen molar-refractivity contribution >= 4 is 5.91 Å². The maximum atomic E-state index is 12.2. The fraction of sp³-hybridized carbons (Fsp3) is 0.750. The molecule has 1 aromatic heterocycles. The van der Waals surface area contributed by atoms with Crippen LogP contribution in [0.3, 0.4) is 0 Å². The van der Waals surface area contributed by atoms with Crippen LogP contribution in [0, 0.1) is 0 Å². The Kier molecular flexibility index (Phi) is 5.10. The molecule has 0 unspecified atom stereocenters. The van der Waals surface area contributed by atoms with E-state index in [2.05, 4.69) is 10.00 Å². The standard InChI is InChI=1S/C16H26N4O2/c21-15-5-1-4-14(15)18-10-12-19(13-11-18)16(22)6-2-8-20-9-3-7-17-20/h3,7,9,14-15,21H,1-2,4-6,8,10-13H2/t14-,15-/m1/s1. The number of hydrogen-bond donors (Lipinski definition) is 1. The minimum absolute atomic E-state index is 0.170. The molecule has 0 aromatic carbocycles. The Morgan fingerprint density at radius 2 is 2.05 bits per heavy atom. The lowest BCUT2D eigenvalue weighted by Gasteiger charge is -2.39. The average molecular weight is 306 g/mol. The summed E-state index contributed by atoms with van der Waals surface area (Å²) < 4.78 is 1.87. The van der Waals surface area contributed by atoms with Crippen molar-refractivity contribution in [3.05, 3.63) is 18.5 Å². The number of hydrogen-bond acceptors (Lipinski definition) is 4. The van der Waals surface area contributed by atoms with Crippen LogP contribution in [-0.4, -0.2) is 68.9 Å². The first-order chi connectivity index (χ1) is 10.7. The van der Waals surface area contributed by atoms with Gasteiger partial charge in [0.15, 0.2) is 0 Å². The van der Waals surface area contributed by atoms with Crippen molar-refractivity contribution < 1.29 is 9.90 Å². The second-order valence-corrected chi connectivity index (χ2v) is 6.36. The predicted molar refractivity (Wildman–Crippen MR) is 83.3 cm³/mol. The van der Waals surface area contributed by atoms with Gasteiger partial charge in [-0.2, -0.15) is 5.10 Å². The summed E-state index contributed by atoms with van der Waals surface area (Å²) in [7, 11) is 0. The van der Waals surface area contributed by atoms with Crippen LogP contribution in [0.25, 0.3) is 0 Å². The summed E-state index contributed by atoms with van der Waals surface area (Å²) in [5.41, 5.74) is 0. The highest BCUT2D eigenvalue weighted by Crippen LogP contribution is 2.25. The van der Waals surface area contributed by atoms with E-state index in [0.29, 0.717) is 12.5 Å². The van der Waals surface area contributed by atoms with Crippen LogP contribution in [0.1, 0.15) is 32.1 Å². The summed E-state index contributed by atoms with van der Waals surface area (Å²) in [5, 5.41) is 14.1. The van der Waals surface area contributed by atoms with Crippen LogP contribution in [0.2, 0.25) is 0 Å². The summed E-state index contributed by atoms with van der Waals surface area (Å²) in [5.74, 6) is 0.249. The second kappa shape index (κ2) is 7.24. The fourth-order valence-corrected chi connectivity index (χ4v) is 3.63. The molecule has 1 aliphatic carbocycles. The van der Waals surface area contributed by atoms with Gasteiger partial charge in [0, 0.05) is 57.6 Å². The molecule has 2 atom stereocenters. The molecular weight excluding hydrogens is 280 g/mol. The number of piperazine rings is 1. The molecule has 0 bridgehead atoms. The Balaban J connectivity index is 1.38. The summed E-state index contributed by atoms with van der Waals surface area (Å²) in [4.78, 5) is 16.6. The smallest absolute Gasteiger partial charge is 0.222 e. The number of aliphatic hydroxyl groups excluding tert-OH is 1. The maximum Gasteiger partial charge on any atom is 0.222 e. The van der Waals surface area contributed by atoms with E-state index in [9.17, 15) is 9.90 Å². The molecule has 1 aliphatic heterocycles. The first-order valence-electron chi connectivity index (χ1n) is 8.41. The van der Waals surface area contributed by atoms with Gasteiger partial charge >= 0.3 is 0 Å². The van der Waals surface area contributed by atoms with Gasteiger partial charge < -0.3 is 10.0 Å². The lowest BCUT2D eigenvalue weighted by atomic mass is 10.1. The van der Waals surface area contributed by atoms with E-state index in [1.165, 1.54) is 0 Å². The van der Waals surface area contributed by atoms with Crippen molar-refractivity contribution in [2.24, 2.45) is 0 Å². The normalized spacial score (nSPS) is 26.5. The second-order valence-electron chi connectivity index (χ2n) is 6.36. The largest absolute Gasteiger partial charge is 0.391 e. The average Bonchev–Trinajstić information content (AvgIpc) is 3.19. The van der Waals surface area contributed by atoms with Crippen LogP contribution in [0.4, 0.5) is 0 Å². The molecule has 0 radical (unpaired) electrons. The fourth-order valence-electron chi connectivity index (χ4n) is 3.63. The summed E-state index contributed by atoms with van der Waals surface area (Å²) in [6, 6.07) is 2.22. The lowest BCUT2D eigenvalue weighted by molar-refractivity contribution is -0.133. The third-order valence-corrected chi connectivity index (χ3v) is 4.92. The number of aliphatic hydroxyl groups is 1. The molecule has 2 heterocycles. The molecule has 1 saturated carbocycles. The van der Waals surface area contributed by atoms with Crippen molar-refractivity contribution in [1.82, 2.24) is 19.6 Å². The first kappa shape index (κ1) is 15.5. The first-order valence-corrected chi connectivity index (χ1v) is 8.41. The number of nitrogens with zero attached hydrogens (tertiary/aromatic N) is 4. The van der Waals surface area contributed by atoms with Crippen LogP contribution in [-0.2, 0) is 11.3 Å². The van der Waals surface area contributed by atoms with E-state index in [1.807, 2.05) is 21.8 Å². The van der Waals surface area contributed by atoms with Crippen LogP contribution in [0.5, 0.6) is 0 Å². The van der Waals surface area contributed by atoms with Gasteiger partial charge in [0.2, 0.25) is 5.91 Å². The van der Waals surface area contributed by atoms with Crippen LogP contribution >= 0.6 is 0 Å². The Morgan fingerprint density at radius 1 is 1.23 bits per heavy atom. The minimum Gasteiger partial charge on any atom is -0.391 e. The number of amides is 1. The molecule has 122 valence electrons. The van der Waals surface area contributed by atoms with E-state index < -0.39 is 0 Å². The predicted octanol–water partition coefficient (Wildman–Crippen LogP) is 0.721. The third kappa shape index (κ3) is 3.67. The highest BCUT2D eigenvalue weighted by Gasteiger charge is 2.33. The Morgan fingerprint density at radius 3 is 2.68 bits per heavy atom. The molecule has 22 heavy (non-hydrogen) atoms. The highest BCUT2D eigenvalue weighted by molar-refractivity contribution is 5.76. The van der Waals surface area contributed by atoms with Gasteiger partial charge in [-0.1, -0.05) is 0 Å². The van der Waals surface area contributed by atoms with Crippen molar-refractivity contribution in [3.63, 3.8) is 0 Å². The van der Waals surface area contributed by atoms with Crippen molar-refractivity contribution in [2.75, 3.05) is 26.2 Å². The molecule has 6 heteroatoms. The highest BCUT2D eigenvalue weighted by atomic mass is 16.3. The van der Waals surface area contributed by atoms with E-state index in [0.717, 1.165) is 58.4 Å². The van der Waals surface area contributed by atoms with E-state index in [-0.39, 0.29) is 12.0 Å². The van der Waals surface area contributed by atoms with Gasteiger partial charge in [-0.15, -0.1) is 0 Å². The van der Waals surface area contributed by atoms with Crippen molar-refractivity contribution in [3.8, 4) is 0 Å². The van der Waals surface area contributed by atoms with Gasteiger partial charge in [0.25, 0.3) is 0 Å². The van der Waals surface area contributed by atoms with Gasteiger partial charge in [-0.3, -0.25) is 14.4 Å². The molecule has 1 aromatic rings. The molecule has 0 spiro atoms. The van der Waals surface area contributed by atoms with Crippen molar-refractivity contribution in [1.29, 1.82) is 0 Å². The van der Waals surface area contributed by atoms with Gasteiger partial charge in [0.05, 0.1) is 6.10 Å². The van der Waals surface area contributed by atoms with E-state index >= 15 is 0 Å². The summed E-state index contributed by atoms with van der Waals surface area (Å²) >= 11 is 0. The monoisotopic (exact) mass is 306 g/mol. The van der Waals surface area contributed by atoms with E-state index in [4.69, 9.17) is 0 Å². The Hall–Kier alpha value is -1.40. The zero-order valence-corrected chi connectivity index (χ0v) is 13.1. The van der Waals surface area contributed by atoms with Gasteiger partial charge in [-0.05, 0) is 31.7 Å². The van der Waals surface area contributed by atoms with Crippen LogP contribution in [0.15, 0.2) is 18.5 Å². The molecule has 3 rings (SSSR count). The van der Waals surface area contributed by atoms with Crippen LogP contribution < -0.4 is 0 Å². The lowest BCUT2D eigenvalue weighted by Crippen LogP contribution is -2.53. The zero-order valence-electron chi connectivity index (χ0n) is 13.1. The number of aromatic nitrogens is 2. The minimum atomic E-state index is -0.170. The molecule has 1 saturated heterocycles.